The van der Waals surface area contributed by atoms with Gasteiger partial charge in [-0.2, -0.15) is 0 Å². The Labute approximate surface area is 171 Å². The van der Waals surface area contributed by atoms with Crippen LogP contribution in [0.3, 0.4) is 0 Å². The molecule has 0 fully saturated rings. The van der Waals surface area contributed by atoms with Crippen LogP contribution >= 0.6 is 0 Å². The van der Waals surface area contributed by atoms with E-state index in [1.807, 2.05) is 12.1 Å². The highest BCUT2D eigenvalue weighted by Gasteiger charge is 2.23. The van der Waals surface area contributed by atoms with Crippen molar-refractivity contribution in [1.82, 2.24) is 0 Å². The number of rotatable bonds is 11. The number of ketones is 1. The number of aliphatic hydroxyl groups excluding tert-OH is 1. The average Bonchev–Trinajstić information content (AvgIpc) is 2.76. The lowest BCUT2D eigenvalue weighted by Crippen LogP contribution is -2.24. The Bertz CT molecular complexity index is 807. The van der Waals surface area contributed by atoms with E-state index >= 15 is 0 Å². The molecule has 0 heterocycles. The number of Topliss-reactive ketones (excluding diaryl/α,β-unsaturated/α-hetero) is 1. The first kappa shape index (κ1) is 22.4. The second-order valence-corrected chi connectivity index (χ2v) is 6.35. The smallest absolute Gasteiger partial charge is 0.203 e. The van der Waals surface area contributed by atoms with Crippen molar-refractivity contribution in [3.05, 3.63) is 41.5 Å². The van der Waals surface area contributed by atoms with E-state index in [2.05, 4.69) is 0 Å². The third-order valence-corrected chi connectivity index (χ3v) is 4.47. The van der Waals surface area contributed by atoms with Crippen LogP contribution in [-0.4, -0.2) is 52.0 Å². The van der Waals surface area contributed by atoms with E-state index in [1.54, 1.807) is 32.2 Å². The Morgan fingerprint density at radius 1 is 0.897 bits per heavy atom. The van der Waals surface area contributed by atoms with Crippen molar-refractivity contribution in [2.24, 2.45) is 0 Å². The van der Waals surface area contributed by atoms with E-state index in [0.717, 1.165) is 12.0 Å². The van der Waals surface area contributed by atoms with Crippen LogP contribution in [0.5, 0.6) is 28.7 Å². The molecule has 0 aliphatic heterocycles. The summed E-state index contributed by atoms with van der Waals surface area (Å²) in [5.41, 5.74) is 1.40. The number of aryl methyl sites for hydroxylation is 1. The Hall–Kier alpha value is -2.93. The maximum Gasteiger partial charge on any atom is 0.203 e. The molecular formula is C22H28O7. The second-order valence-electron chi connectivity index (χ2n) is 6.35. The van der Waals surface area contributed by atoms with Gasteiger partial charge in [-0.1, -0.05) is 6.07 Å². The molecule has 1 atom stereocenters. The van der Waals surface area contributed by atoms with Gasteiger partial charge in [0.05, 0.1) is 28.4 Å². The SMILES string of the molecule is COc1cc(CCCO)ccc1OC(C)C(=O)c1cc(OC)c(OC)c(OC)c1. The molecule has 0 spiro atoms. The van der Waals surface area contributed by atoms with Gasteiger partial charge in [-0.3, -0.25) is 4.79 Å². The number of hydrogen-bond acceptors (Lipinski definition) is 7. The zero-order chi connectivity index (χ0) is 21.4. The largest absolute Gasteiger partial charge is 0.493 e. The molecular weight excluding hydrogens is 376 g/mol. The molecule has 7 nitrogen and oxygen atoms in total. The van der Waals surface area contributed by atoms with Crippen LogP contribution in [0.2, 0.25) is 0 Å². The number of aliphatic hydroxyl groups is 1. The summed E-state index contributed by atoms with van der Waals surface area (Å²) in [6.45, 7) is 1.80. The lowest BCUT2D eigenvalue weighted by Gasteiger charge is -2.18. The van der Waals surface area contributed by atoms with E-state index in [-0.39, 0.29) is 12.4 Å². The van der Waals surface area contributed by atoms with Gasteiger partial charge < -0.3 is 28.8 Å². The van der Waals surface area contributed by atoms with Crippen molar-refractivity contribution in [3.63, 3.8) is 0 Å². The van der Waals surface area contributed by atoms with E-state index in [0.29, 0.717) is 40.7 Å². The maximum atomic E-state index is 12.9. The number of hydrogen-bond donors (Lipinski definition) is 1. The summed E-state index contributed by atoms with van der Waals surface area (Å²) in [5.74, 6) is 1.97. The monoisotopic (exact) mass is 404 g/mol. The van der Waals surface area contributed by atoms with Gasteiger partial charge >= 0.3 is 0 Å². The standard InChI is InChI=1S/C22H28O7/c1-14(29-17-9-8-15(7-6-10-23)11-18(17)25-2)21(24)16-12-19(26-3)22(28-5)20(13-16)27-4/h8-9,11-14,23H,6-7,10H2,1-5H3. The summed E-state index contributed by atoms with van der Waals surface area (Å²) in [6.07, 6.45) is 0.627. The second kappa shape index (κ2) is 10.6. The molecule has 158 valence electrons. The van der Waals surface area contributed by atoms with E-state index in [1.165, 1.54) is 21.3 Å². The third kappa shape index (κ3) is 5.32. The highest BCUT2D eigenvalue weighted by Crippen LogP contribution is 2.38. The normalized spacial score (nSPS) is 11.5. The maximum absolute atomic E-state index is 12.9. The van der Waals surface area contributed by atoms with Crippen LogP contribution in [0.1, 0.15) is 29.3 Å². The van der Waals surface area contributed by atoms with E-state index < -0.39 is 6.10 Å². The van der Waals surface area contributed by atoms with Gasteiger partial charge in [0.15, 0.2) is 29.1 Å². The minimum absolute atomic E-state index is 0.126. The van der Waals surface area contributed by atoms with Gasteiger partial charge in [-0.25, -0.2) is 0 Å². The first-order chi connectivity index (χ1) is 14.0. The zero-order valence-corrected chi connectivity index (χ0v) is 17.5. The number of ether oxygens (including phenoxy) is 5. The molecule has 2 aromatic rings. The van der Waals surface area contributed by atoms with Crippen LogP contribution < -0.4 is 23.7 Å². The van der Waals surface area contributed by atoms with Gasteiger partial charge in [0.2, 0.25) is 11.5 Å². The summed E-state index contributed by atoms with van der Waals surface area (Å²) in [6, 6.07) is 8.70. The summed E-state index contributed by atoms with van der Waals surface area (Å²) < 4.78 is 27.2. The molecule has 0 aliphatic rings. The van der Waals surface area contributed by atoms with Gasteiger partial charge in [0.1, 0.15) is 0 Å². The molecule has 0 bridgehead atoms. The van der Waals surface area contributed by atoms with Gasteiger partial charge in [-0.15, -0.1) is 0 Å². The lowest BCUT2D eigenvalue weighted by molar-refractivity contribution is 0.0813. The van der Waals surface area contributed by atoms with Crippen molar-refractivity contribution in [1.29, 1.82) is 0 Å². The predicted molar refractivity (Wildman–Crippen MR) is 109 cm³/mol. The molecule has 0 aliphatic carbocycles. The van der Waals surface area contributed by atoms with Crippen LogP contribution in [0.25, 0.3) is 0 Å². The summed E-state index contributed by atoms with van der Waals surface area (Å²) in [4.78, 5) is 12.9. The molecule has 7 heteroatoms. The number of benzene rings is 2. The van der Waals surface area contributed by atoms with Gasteiger partial charge in [0, 0.05) is 12.2 Å². The number of carbonyl (C=O) groups is 1. The van der Waals surface area contributed by atoms with Crippen LogP contribution in [0, 0.1) is 0 Å². The first-order valence-corrected chi connectivity index (χ1v) is 9.27. The van der Waals surface area contributed by atoms with E-state index in [9.17, 15) is 4.79 Å². The van der Waals surface area contributed by atoms with Crippen LogP contribution in [0.15, 0.2) is 30.3 Å². The van der Waals surface area contributed by atoms with Crippen LogP contribution in [-0.2, 0) is 6.42 Å². The summed E-state index contributed by atoms with van der Waals surface area (Å²) >= 11 is 0. The van der Waals surface area contributed by atoms with Crippen molar-refractivity contribution in [3.8, 4) is 28.7 Å². The molecule has 2 rings (SSSR count). The quantitative estimate of drug-likeness (QED) is 0.575. The zero-order valence-electron chi connectivity index (χ0n) is 17.5. The van der Waals surface area contributed by atoms with Crippen molar-refractivity contribution in [2.45, 2.75) is 25.9 Å². The van der Waals surface area contributed by atoms with E-state index in [4.69, 9.17) is 28.8 Å². The van der Waals surface area contributed by atoms with Crippen molar-refractivity contribution >= 4 is 5.78 Å². The molecule has 0 saturated heterocycles. The molecule has 1 unspecified atom stereocenters. The van der Waals surface area contributed by atoms with Gasteiger partial charge in [0.25, 0.3) is 0 Å². The fourth-order valence-corrected chi connectivity index (χ4v) is 2.95. The highest BCUT2D eigenvalue weighted by molar-refractivity contribution is 6.00. The highest BCUT2D eigenvalue weighted by atomic mass is 16.5. The molecule has 29 heavy (non-hydrogen) atoms. The minimum Gasteiger partial charge on any atom is -0.493 e. The average molecular weight is 404 g/mol. The molecule has 0 aromatic heterocycles. The van der Waals surface area contributed by atoms with Crippen LogP contribution in [0.4, 0.5) is 0 Å². The summed E-state index contributed by atoms with van der Waals surface area (Å²) in [7, 11) is 6.04. The number of methoxy groups -OCH3 is 4. The number of carbonyl (C=O) groups excluding carboxylic acids is 1. The minimum atomic E-state index is -0.769. The molecule has 1 N–H and O–H groups in total. The summed E-state index contributed by atoms with van der Waals surface area (Å²) in [5, 5.41) is 8.99. The Kier molecular flexibility index (Phi) is 8.15. The Morgan fingerprint density at radius 2 is 1.52 bits per heavy atom. The first-order valence-electron chi connectivity index (χ1n) is 9.27. The Balaban J connectivity index is 2.25. The molecule has 0 radical (unpaired) electrons. The molecule has 2 aromatic carbocycles. The fraction of sp³-hybridized carbons (Fsp3) is 0.409. The Morgan fingerprint density at radius 3 is 2.03 bits per heavy atom. The van der Waals surface area contributed by atoms with Gasteiger partial charge in [-0.05, 0) is 49.6 Å². The molecule has 0 amide bonds. The fourth-order valence-electron chi connectivity index (χ4n) is 2.95. The predicted octanol–water partition coefficient (Wildman–Crippen LogP) is 3.30. The van der Waals surface area contributed by atoms with Crippen molar-refractivity contribution in [2.75, 3.05) is 35.0 Å². The third-order valence-electron chi connectivity index (χ3n) is 4.47. The van der Waals surface area contributed by atoms with Crippen molar-refractivity contribution < 1.29 is 33.6 Å². The topological polar surface area (TPSA) is 83.5 Å². The molecule has 0 saturated carbocycles. The lowest BCUT2D eigenvalue weighted by atomic mass is 10.1.